The molecule has 1 N–H and O–H groups in total. The molecule has 0 aliphatic heterocycles. The second kappa shape index (κ2) is 8.33. The fourth-order valence-corrected chi connectivity index (χ4v) is 3.19. The maximum atomic E-state index is 12.7. The van der Waals surface area contributed by atoms with Crippen LogP contribution in [-0.4, -0.2) is 46.5 Å². The van der Waals surface area contributed by atoms with Crippen LogP contribution in [-0.2, 0) is 10.0 Å². The second-order valence-corrected chi connectivity index (χ2v) is 7.91. The first kappa shape index (κ1) is 19.9. The van der Waals surface area contributed by atoms with Gasteiger partial charge in [-0.05, 0) is 50.2 Å². The van der Waals surface area contributed by atoms with Crippen molar-refractivity contribution in [2.24, 2.45) is 0 Å². The Bertz CT molecular complexity index is 894. The van der Waals surface area contributed by atoms with Gasteiger partial charge in [0.05, 0.1) is 11.4 Å². The van der Waals surface area contributed by atoms with E-state index in [-0.39, 0.29) is 10.8 Å². The van der Waals surface area contributed by atoms with Crippen molar-refractivity contribution in [2.75, 3.05) is 27.2 Å². The third kappa shape index (κ3) is 4.62. The molecule has 0 aliphatic carbocycles. The van der Waals surface area contributed by atoms with Crippen molar-refractivity contribution in [1.82, 2.24) is 9.62 Å². The molecule has 6 nitrogen and oxygen atoms in total. The van der Waals surface area contributed by atoms with Crippen molar-refractivity contribution < 1.29 is 17.9 Å². The lowest BCUT2D eigenvalue weighted by Gasteiger charge is -2.19. The third-order valence-corrected chi connectivity index (χ3v) is 5.56. The van der Waals surface area contributed by atoms with Gasteiger partial charge in [0, 0.05) is 12.6 Å². The van der Waals surface area contributed by atoms with Gasteiger partial charge in [-0.15, -0.1) is 0 Å². The van der Waals surface area contributed by atoms with Gasteiger partial charge in [0.2, 0.25) is 10.0 Å². The number of para-hydroxylation sites is 1. The summed E-state index contributed by atoms with van der Waals surface area (Å²) >= 11 is 0. The summed E-state index contributed by atoms with van der Waals surface area (Å²) < 4.78 is 31.9. The van der Waals surface area contributed by atoms with Gasteiger partial charge >= 0.3 is 0 Å². The minimum Gasteiger partial charge on any atom is -0.491 e. The number of nitrogens with one attached hydrogen (secondary N) is 1. The summed E-state index contributed by atoms with van der Waals surface area (Å²) in [5, 5.41) is 0. The van der Waals surface area contributed by atoms with Crippen LogP contribution in [0, 0.1) is 13.8 Å². The normalized spacial score (nSPS) is 11.2. The summed E-state index contributed by atoms with van der Waals surface area (Å²) in [5.41, 5.74) is 2.11. The van der Waals surface area contributed by atoms with Gasteiger partial charge in [0.25, 0.3) is 5.91 Å². The van der Waals surface area contributed by atoms with E-state index in [9.17, 15) is 13.2 Å². The maximum Gasteiger partial charge on any atom is 0.254 e. The van der Waals surface area contributed by atoms with Gasteiger partial charge in [0.1, 0.15) is 12.4 Å². The van der Waals surface area contributed by atoms with E-state index >= 15 is 0 Å². The Kier molecular flexibility index (Phi) is 6.39. The Morgan fingerprint density at radius 1 is 1.12 bits per heavy atom. The van der Waals surface area contributed by atoms with E-state index in [0.29, 0.717) is 18.7 Å². The Morgan fingerprint density at radius 3 is 2.46 bits per heavy atom. The molecule has 0 spiro atoms. The quantitative estimate of drug-likeness (QED) is 0.805. The maximum absolute atomic E-state index is 12.7. The molecule has 2 aromatic rings. The molecule has 0 atom stereocenters. The van der Waals surface area contributed by atoms with E-state index in [1.165, 1.54) is 24.1 Å². The molecule has 0 unspecified atom stereocenters. The SMILES string of the molecule is CNS(=O)(=O)c1ccc(C)c(C(=O)N(C)CCOc2ccccc2C)c1. The van der Waals surface area contributed by atoms with E-state index in [0.717, 1.165) is 16.9 Å². The van der Waals surface area contributed by atoms with E-state index in [1.807, 2.05) is 31.2 Å². The van der Waals surface area contributed by atoms with Crippen molar-refractivity contribution in [3.05, 3.63) is 59.2 Å². The topological polar surface area (TPSA) is 75.7 Å². The molecule has 0 fully saturated rings. The summed E-state index contributed by atoms with van der Waals surface area (Å²) in [6, 6.07) is 12.2. The van der Waals surface area contributed by atoms with E-state index < -0.39 is 10.0 Å². The molecule has 0 bridgehead atoms. The zero-order valence-corrected chi connectivity index (χ0v) is 16.3. The Labute approximate surface area is 154 Å². The molecule has 0 aliphatic rings. The van der Waals surface area contributed by atoms with E-state index in [4.69, 9.17) is 4.74 Å². The highest BCUT2D eigenvalue weighted by molar-refractivity contribution is 7.89. The van der Waals surface area contributed by atoms with E-state index in [1.54, 1.807) is 20.0 Å². The van der Waals surface area contributed by atoms with Crippen LogP contribution in [0.4, 0.5) is 0 Å². The van der Waals surface area contributed by atoms with Crippen LogP contribution in [0.2, 0.25) is 0 Å². The fraction of sp³-hybridized carbons (Fsp3) is 0.316. The van der Waals surface area contributed by atoms with Gasteiger partial charge in [-0.1, -0.05) is 24.3 Å². The molecule has 2 aromatic carbocycles. The molecule has 0 aromatic heterocycles. The van der Waals surface area contributed by atoms with Crippen LogP contribution in [0.3, 0.4) is 0 Å². The number of rotatable bonds is 7. The first-order valence-corrected chi connectivity index (χ1v) is 9.72. The van der Waals surface area contributed by atoms with Gasteiger partial charge < -0.3 is 9.64 Å². The van der Waals surface area contributed by atoms with Crippen molar-refractivity contribution in [3.8, 4) is 5.75 Å². The number of carbonyl (C=O) groups excluding carboxylic acids is 1. The molecule has 0 radical (unpaired) electrons. The Balaban J connectivity index is 2.08. The average molecular weight is 376 g/mol. The molecular weight excluding hydrogens is 352 g/mol. The van der Waals surface area contributed by atoms with Crippen molar-refractivity contribution in [2.45, 2.75) is 18.7 Å². The second-order valence-electron chi connectivity index (χ2n) is 6.02. The van der Waals surface area contributed by atoms with Gasteiger partial charge in [0.15, 0.2) is 0 Å². The molecule has 1 amide bonds. The summed E-state index contributed by atoms with van der Waals surface area (Å²) in [6.07, 6.45) is 0. The first-order chi connectivity index (χ1) is 12.3. The molecule has 0 saturated heterocycles. The zero-order chi connectivity index (χ0) is 19.3. The number of hydrogen-bond donors (Lipinski definition) is 1. The highest BCUT2D eigenvalue weighted by Crippen LogP contribution is 2.18. The lowest BCUT2D eigenvalue weighted by atomic mass is 10.1. The van der Waals surface area contributed by atoms with Crippen LogP contribution >= 0.6 is 0 Å². The molecule has 0 saturated carbocycles. The van der Waals surface area contributed by atoms with Crippen LogP contribution < -0.4 is 9.46 Å². The number of amides is 1. The van der Waals surface area contributed by atoms with Gasteiger partial charge in [-0.25, -0.2) is 13.1 Å². The number of ether oxygens (including phenoxy) is 1. The largest absolute Gasteiger partial charge is 0.491 e. The number of carbonyl (C=O) groups is 1. The number of nitrogens with zero attached hydrogens (tertiary/aromatic N) is 1. The molecule has 0 heterocycles. The van der Waals surface area contributed by atoms with Crippen molar-refractivity contribution >= 4 is 15.9 Å². The summed E-state index contributed by atoms with van der Waals surface area (Å²) in [5.74, 6) is 0.538. The monoisotopic (exact) mass is 376 g/mol. The predicted octanol–water partition coefficient (Wildman–Crippen LogP) is 2.36. The highest BCUT2D eigenvalue weighted by atomic mass is 32.2. The lowest BCUT2D eigenvalue weighted by Crippen LogP contribution is -2.31. The van der Waals surface area contributed by atoms with Crippen LogP contribution in [0.5, 0.6) is 5.75 Å². The minimum atomic E-state index is -3.60. The van der Waals surface area contributed by atoms with Crippen LogP contribution in [0.1, 0.15) is 21.5 Å². The minimum absolute atomic E-state index is 0.0681. The first-order valence-electron chi connectivity index (χ1n) is 8.24. The van der Waals surface area contributed by atoms with Crippen molar-refractivity contribution in [3.63, 3.8) is 0 Å². The number of hydrogen-bond acceptors (Lipinski definition) is 4. The summed E-state index contributed by atoms with van der Waals surface area (Å²) in [7, 11) is -0.592. The predicted molar refractivity (Wildman–Crippen MR) is 101 cm³/mol. The molecule has 2 rings (SSSR count). The smallest absolute Gasteiger partial charge is 0.254 e. The van der Waals surface area contributed by atoms with Gasteiger partial charge in [-0.2, -0.15) is 0 Å². The van der Waals surface area contributed by atoms with Gasteiger partial charge in [-0.3, -0.25) is 4.79 Å². The fourth-order valence-electron chi connectivity index (χ4n) is 2.43. The Morgan fingerprint density at radius 2 is 1.81 bits per heavy atom. The highest BCUT2D eigenvalue weighted by Gasteiger charge is 2.19. The summed E-state index contributed by atoms with van der Waals surface area (Å²) in [6.45, 7) is 4.47. The lowest BCUT2D eigenvalue weighted by molar-refractivity contribution is 0.0772. The number of likely N-dealkylation sites (N-methyl/N-ethyl adjacent to an activating group) is 1. The van der Waals surface area contributed by atoms with E-state index in [2.05, 4.69) is 4.72 Å². The molecule has 140 valence electrons. The number of benzene rings is 2. The Hall–Kier alpha value is -2.38. The number of sulfonamides is 1. The van der Waals surface area contributed by atoms with Crippen LogP contribution in [0.25, 0.3) is 0 Å². The molecule has 26 heavy (non-hydrogen) atoms. The third-order valence-electron chi connectivity index (χ3n) is 4.14. The summed E-state index contributed by atoms with van der Waals surface area (Å²) in [4.78, 5) is 14.3. The standard InChI is InChI=1S/C19H24N2O4S/c1-14-9-10-16(26(23,24)20-3)13-17(14)19(22)21(4)11-12-25-18-8-6-5-7-15(18)2/h5-10,13,20H,11-12H2,1-4H3. The number of aryl methyl sites for hydroxylation is 2. The van der Waals surface area contributed by atoms with Crippen molar-refractivity contribution in [1.29, 1.82) is 0 Å². The average Bonchev–Trinajstić information content (AvgIpc) is 2.62. The van der Waals surface area contributed by atoms with Crippen LogP contribution in [0.15, 0.2) is 47.4 Å². The zero-order valence-electron chi connectivity index (χ0n) is 15.4. The molecular formula is C19H24N2O4S. The molecule has 7 heteroatoms.